The molecule has 0 aromatic carbocycles. The highest BCUT2D eigenvalue weighted by Crippen LogP contribution is 2.08. The van der Waals surface area contributed by atoms with Gasteiger partial charge >= 0.3 is 0 Å². The molecule has 1 radical (unpaired) electrons. The van der Waals surface area contributed by atoms with Crippen LogP contribution in [0, 0.1) is 0 Å². The van der Waals surface area contributed by atoms with Crippen LogP contribution in [0.15, 0.2) is 0 Å². The van der Waals surface area contributed by atoms with Gasteiger partial charge in [-0.1, -0.05) is 0 Å². The van der Waals surface area contributed by atoms with E-state index in [1.807, 2.05) is 0 Å². The Labute approximate surface area is 45.7 Å². The zero-order valence-electron chi connectivity index (χ0n) is 4.37. The van der Waals surface area contributed by atoms with Crippen molar-refractivity contribution in [3.05, 3.63) is 0 Å². The summed E-state index contributed by atoms with van der Waals surface area (Å²) in [5.41, 5.74) is 3.53. The highest BCUT2D eigenvalue weighted by atomic mass is 19.2. The van der Waals surface area contributed by atoms with Crippen LogP contribution in [0.25, 0.3) is 0 Å². The summed E-state index contributed by atoms with van der Waals surface area (Å²) in [7, 11) is 0. The lowest BCUT2D eigenvalue weighted by Gasteiger charge is -2.07. The summed E-state index contributed by atoms with van der Waals surface area (Å²) in [6.07, 6.45) is 0. The van der Waals surface area contributed by atoms with Crippen LogP contribution in [-0.2, 0) is 4.79 Å². The topological polar surface area (TPSA) is 40.9 Å². The number of alkyl halides is 2. The van der Waals surface area contributed by atoms with Crippen molar-refractivity contribution < 1.29 is 13.6 Å². The summed E-state index contributed by atoms with van der Waals surface area (Å²) >= 11 is 0. The lowest BCUT2D eigenvalue weighted by Crippen LogP contribution is -2.33. The van der Waals surface area contributed by atoms with Gasteiger partial charge in [-0.3, -0.25) is 10.5 Å². The first-order valence-corrected chi connectivity index (χ1v) is 2.01. The van der Waals surface area contributed by atoms with Gasteiger partial charge in [0.1, 0.15) is 6.67 Å². The lowest BCUT2D eigenvalue weighted by molar-refractivity contribution is -0.130. The Bertz CT molecular complexity index is 102. The first-order valence-electron chi connectivity index (χ1n) is 2.01. The molecule has 0 aliphatic rings. The van der Waals surface area contributed by atoms with Gasteiger partial charge in [-0.05, 0) is 6.92 Å². The zero-order valence-corrected chi connectivity index (χ0v) is 4.37. The summed E-state index contributed by atoms with van der Waals surface area (Å²) in [5, 5.41) is 0. The molecule has 0 heterocycles. The normalized spacial score (nSPS) is 17.4. The fourth-order valence-electron chi connectivity index (χ4n) is 0.0607. The minimum atomic E-state index is -2.60. The SMILES string of the molecule is C[C@](F)(CF)C([NH])=O. The zero-order chi connectivity index (χ0) is 6.78. The van der Waals surface area contributed by atoms with Gasteiger partial charge in [0.15, 0.2) is 0 Å². The molecule has 8 heavy (non-hydrogen) atoms. The van der Waals surface area contributed by atoms with Crippen molar-refractivity contribution in [2.45, 2.75) is 12.6 Å². The maximum atomic E-state index is 12.0. The van der Waals surface area contributed by atoms with E-state index in [1.165, 1.54) is 0 Å². The summed E-state index contributed by atoms with van der Waals surface area (Å²) in [6.45, 7) is -0.683. The average Bonchev–Trinajstić information content (AvgIpc) is 1.67. The predicted molar refractivity (Wildman–Crippen MR) is 23.6 cm³/mol. The summed E-state index contributed by atoms with van der Waals surface area (Å²) < 4.78 is 23.3. The molecule has 47 valence electrons. The van der Waals surface area contributed by atoms with Crippen LogP contribution in [0.4, 0.5) is 8.78 Å². The largest absolute Gasteiger partial charge is 0.278 e. The van der Waals surface area contributed by atoms with E-state index < -0.39 is 18.3 Å². The van der Waals surface area contributed by atoms with Gasteiger partial charge < -0.3 is 0 Å². The van der Waals surface area contributed by atoms with Crippen molar-refractivity contribution in [2.75, 3.05) is 6.67 Å². The molecule has 0 aliphatic carbocycles. The Hall–Kier alpha value is -0.670. The van der Waals surface area contributed by atoms with Gasteiger partial charge in [-0.15, -0.1) is 0 Å². The van der Waals surface area contributed by atoms with E-state index in [0.717, 1.165) is 6.92 Å². The molecule has 1 atom stereocenters. The number of rotatable bonds is 2. The molecule has 0 aliphatic heterocycles. The van der Waals surface area contributed by atoms with Crippen LogP contribution in [0.5, 0.6) is 0 Å². The molecule has 0 fully saturated rings. The molecular formula is C4H6F2NO. The van der Waals surface area contributed by atoms with E-state index in [-0.39, 0.29) is 0 Å². The molecular weight excluding hydrogens is 116 g/mol. The fraction of sp³-hybridized carbons (Fsp3) is 0.750. The third-order valence-corrected chi connectivity index (χ3v) is 0.724. The third-order valence-electron chi connectivity index (χ3n) is 0.724. The molecule has 0 aromatic heterocycles. The van der Waals surface area contributed by atoms with E-state index in [1.54, 1.807) is 0 Å². The van der Waals surface area contributed by atoms with E-state index in [4.69, 9.17) is 5.73 Å². The summed E-state index contributed by atoms with van der Waals surface area (Å²) in [4.78, 5) is 9.75. The molecule has 2 nitrogen and oxygen atoms in total. The Balaban J connectivity index is 3.91. The maximum absolute atomic E-state index is 12.0. The quantitative estimate of drug-likeness (QED) is 0.525. The van der Waals surface area contributed by atoms with Gasteiger partial charge in [0, 0.05) is 0 Å². The minimum Gasteiger partial charge on any atom is -0.269 e. The highest BCUT2D eigenvalue weighted by Gasteiger charge is 2.30. The molecule has 0 spiro atoms. The first-order chi connectivity index (χ1) is 3.50. The molecule has 1 amide bonds. The van der Waals surface area contributed by atoms with Crippen LogP contribution in [0.3, 0.4) is 0 Å². The van der Waals surface area contributed by atoms with Crippen LogP contribution < -0.4 is 5.73 Å². The van der Waals surface area contributed by atoms with Crippen LogP contribution in [0.1, 0.15) is 6.92 Å². The smallest absolute Gasteiger partial charge is 0.269 e. The first kappa shape index (κ1) is 7.33. The highest BCUT2D eigenvalue weighted by molar-refractivity contribution is 5.82. The number of hydrogen-bond acceptors (Lipinski definition) is 1. The molecule has 0 aromatic rings. The number of hydrogen-bond donors (Lipinski definition) is 0. The van der Waals surface area contributed by atoms with Crippen molar-refractivity contribution >= 4 is 5.91 Å². The average molecular weight is 122 g/mol. The van der Waals surface area contributed by atoms with E-state index in [9.17, 15) is 13.6 Å². The second kappa shape index (κ2) is 2.07. The Morgan fingerprint density at radius 1 is 1.88 bits per heavy atom. The van der Waals surface area contributed by atoms with E-state index >= 15 is 0 Å². The monoisotopic (exact) mass is 122 g/mol. The van der Waals surface area contributed by atoms with E-state index in [0.29, 0.717) is 0 Å². The van der Waals surface area contributed by atoms with Crippen molar-refractivity contribution in [3.63, 3.8) is 0 Å². The van der Waals surface area contributed by atoms with Crippen molar-refractivity contribution in [1.82, 2.24) is 5.73 Å². The van der Waals surface area contributed by atoms with Gasteiger partial charge in [0.05, 0.1) is 0 Å². The van der Waals surface area contributed by atoms with Gasteiger partial charge in [0.2, 0.25) is 5.67 Å². The van der Waals surface area contributed by atoms with Crippen LogP contribution in [0.2, 0.25) is 0 Å². The number of carbonyl (C=O) groups excluding carboxylic acids is 1. The molecule has 0 rings (SSSR count). The molecule has 0 bridgehead atoms. The number of halogens is 2. The summed E-state index contributed by atoms with van der Waals surface area (Å²) in [5.74, 6) is -1.51. The predicted octanol–water partition coefficient (Wildman–Crippen LogP) is 0.494. The second-order valence-electron chi connectivity index (χ2n) is 1.66. The molecule has 0 saturated carbocycles. The van der Waals surface area contributed by atoms with Crippen LogP contribution >= 0.6 is 0 Å². The minimum absolute atomic E-state index is 0.738. The Morgan fingerprint density at radius 3 is 2.25 bits per heavy atom. The van der Waals surface area contributed by atoms with Crippen molar-refractivity contribution in [1.29, 1.82) is 0 Å². The number of carbonyl (C=O) groups is 1. The maximum Gasteiger partial charge on any atom is 0.278 e. The Kier molecular flexibility index (Phi) is 1.89. The Morgan fingerprint density at radius 2 is 2.25 bits per heavy atom. The fourth-order valence-corrected chi connectivity index (χ4v) is 0.0607. The van der Waals surface area contributed by atoms with E-state index in [2.05, 4.69) is 0 Å². The standard InChI is InChI=1S/C4H6F2NO/c1-4(6,2-5)3(7)8/h7H,2H2,1H3/t4-/m0/s1. The number of nitrogens with one attached hydrogen (secondary N) is 1. The van der Waals surface area contributed by atoms with Crippen molar-refractivity contribution in [2.24, 2.45) is 0 Å². The van der Waals surface area contributed by atoms with Crippen molar-refractivity contribution in [3.8, 4) is 0 Å². The van der Waals surface area contributed by atoms with Gasteiger partial charge in [-0.2, -0.15) is 0 Å². The third kappa shape index (κ3) is 1.44. The molecule has 0 saturated heterocycles. The molecule has 0 unspecified atom stereocenters. The lowest BCUT2D eigenvalue weighted by atomic mass is 10.1. The molecule has 1 N–H and O–H groups in total. The molecule has 4 heteroatoms. The second-order valence-corrected chi connectivity index (χ2v) is 1.66. The number of amides is 1. The van der Waals surface area contributed by atoms with Crippen LogP contribution in [-0.4, -0.2) is 18.3 Å². The summed E-state index contributed by atoms with van der Waals surface area (Å²) in [6, 6.07) is 0. The van der Waals surface area contributed by atoms with Gasteiger partial charge in [0.25, 0.3) is 5.91 Å². The van der Waals surface area contributed by atoms with Gasteiger partial charge in [-0.25, -0.2) is 8.78 Å².